The summed E-state index contributed by atoms with van der Waals surface area (Å²) in [6, 6.07) is 18.7. The molecule has 4 aliphatic rings. The van der Waals surface area contributed by atoms with E-state index in [1.165, 1.54) is 0 Å². The average Bonchev–Trinajstić information content (AvgIpc) is 3.74. The number of rotatable bonds is 7. The van der Waals surface area contributed by atoms with Gasteiger partial charge < -0.3 is 29.9 Å². The molecule has 0 spiro atoms. The minimum atomic E-state index is -0.216. The van der Waals surface area contributed by atoms with Gasteiger partial charge in [-0.3, -0.25) is 9.59 Å². The van der Waals surface area contributed by atoms with E-state index in [9.17, 15) is 14.7 Å². The van der Waals surface area contributed by atoms with Crippen LogP contribution >= 0.6 is 0 Å². The third kappa shape index (κ3) is 5.28. The van der Waals surface area contributed by atoms with Gasteiger partial charge in [0, 0.05) is 55.5 Å². The van der Waals surface area contributed by atoms with E-state index in [1.807, 2.05) is 24.3 Å². The zero-order valence-electron chi connectivity index (χ0n) is 26.2. The van der Waals surface area contributed by atoms with Crippen molar-refractivity contribution in [3.63, 3.8) is 0 Å². The van der Waals surface area contributed by atoms with Gasteiger partial charge in [0.05, 0.1) is 5.52 Å². The monoisotopic (exact) mass is 620 g/mol. The van der Waals surface area contributed by atoms with Gasteiger partial charge in [0.25, 0.3) is 0 Å². The Balaban J connectivity index is 1.13. The lowest BCUT2D eigenvalue weighted by atomic mass is 9.97. The second-order valence-electron chi connectivity index (χ2n) is 13.4. The molecular formula is C36H40N6O4. The van der Waals surface area contributed by atoms with E-state index in [-0.39, 0.29) is 42.0 Å². The molecule has 4 atom stereocenters. The summed E-state index contributed by atoms with van der Waals surface area (Å²) in [6.45, 7) is 3.60. The maximum Gasteiger partial charge on any atom is 0.319 e. The fourth-order valence-electron chi connectivity index (χ4n) is 8.10. The van der Waals surface area contributed by atoms with Crippen molar-refractivity contribution in [2.45, 2.75) is 56.7 Å². The number of nitrogens with zero attached hydrogens (tertiary/aromatic N) is 5. The normalized spacial score (nSPS) is 24.7. The molecule has 8 rings (SSSR count). The number of aromatic nitrogens is 2. The number of carbonyl (C=O) groups excluding carboxylic acids is 2. The minimum Gasteiger partial charge on any atom is -0.508 e. The van der Waals surface area contributed by atoms with Gasteiger partial charge in [-0.15, -0.1) is 0 Å². The number of hydrogen-bond donors (Lipinski definition) is 2. The molecule has 3 unspecified atom stereocenters. The standard InChI is InChI=1S/C36H40N6O4/c1-40-14-4-6-27(40)21-46-36-38-32-16-23(31-18-28(43)15-22-5-2-3-7-29(22)31)8-11-30(32)34(39-36)41-19-25-9-10-26(20-41)42(25)33(44)17-24-12-13-37-35(24)45/h2-3,5,7-8,11,15-16,18,24-27,43H,4,6,9-10,12-14,17,19-21H2,1H3,(H,37,45)/t24?,25?,26?,27-/m0/s1. The SMILES string of the molecule is CN1CCC[C@H]1COc1nc(N2CC3CCC(C2)N3C(=O)CC2CCNC2=O)c2ccc(-c3cc(O)cc4ccccc34)cc2n1. The number of amides is 2. The van der Waals surface area contributed by atoms with Crippen LogP contribution in [0.5, 0.6) is 11.8 Å². The Bertz CT molecular complexity index is 1820. The quantitative estimate of drug-likeness (QED) is 0.314. The van der Waals surface area contributed by atoms with E-state index in [4.69, 9.17) is 14.7 Å². The Morgan fingerprint density at radius 1 is 1.00 bits per heavy atom. The van der Waals surface area contributed by atoms with Crippen LogP contribution in [-0.4, -0.2) is 94.6 Å². The number of phenolic OH excluding ortho intramolecular Hbond substituents is 1. The number of likely N-dealkylation sites (tertiary alicyclic amines) is 1. The van der Waals surface area contributed by atoms with Crippen molar-refractivity contribution in [3.8, 4) is 22.9 Å². The van der Waals surface area contributed by atoms with Crippen molar-refractivity contribution in [2.24, 2.45) is 5.92 Å². The molecule has 5 heterocycles. The van der Waals surface area contributed by atoms with Crippen LogP contribution in [0.25, 0.3) is 32.8 Å². The molecule has 46 heavy (non-hydrogen) atoms. The molecule has 0 aliphatic carbocycles. The third-order valence-electron chi connectivity index (χ3n) is 10.5. The maximum atomic E-state index is 13.5. The fourth-order valence-corrected chi connectivity index (χ4v) is 8.10. The van der Waals surface area contributed by atoms with Crippen molar-refractivity contribution in [2.75, 3.05) is 44.7 Å². The molecule has 2 N–H and O–H groups in total. The first-order valence-electron chi connectivity index (χ1n) is 16.6. The molecule has 10 nitrogen and oxygen atoms in total. The number of likely N-dealkylation sites (N-methyl/N-ethyl adjacent to an activating group) is 1. The lowest BCUT2D eigenvalue weighted by molar-refractivity contribution is -0.138. The average molecular weight is 621 g/mol. The van der Waals surface area contributed by atoms with Gasteiger partial charge in [0.1, 0.15) is 18.2 Å². The Morgan fingerprint density at radius 3 is 2.59 bits per heavy atom. The van der Waals surface area contributed by atoms with E-state index in [1.54, 1.807) is 6.07 Å². The van der Waals surface area contributed by atoms with E-state index in [0.29, 0.717) is 38.3 Å². The van der Waals surface area contributed by atoms with Crippen molar-refractivity contribution < 1.29 is 19.4 Å². The molecule has 4 saturated heterocycles. The van der Waals surface area contributed by atoms with Crippen LogP contribution < -0.4 is 15.0 Å². The zero-order chi connectivity index (χ0) is 31.4. The van der Waals surface area contributed by atoms with Crippen molar-refractivity contribution in [1.29, 1.82) is 0 Å². The first kappa shape index (κ1) is 29.0. The van der Waals surface area contributed by atoms with Gasteiger partial charge >= 0.3 is 6.01 Å². The van der Waals surface area contributed by atoms with Crippen LogP contribution in [0.15, 0.2) is 54.6 Å². The van der Waals surface area contributed by atoms with Crippen molar-refractivity contribution >= 4 is 39.3 Å². The first-order chi connectivity index (χ1) is 22.4. The number of nitrogens with one attached hydrogen (secondary N) is 1. The lowest BCUT2D eigenvalue weighted by Crippen LogP contribution is -2.56. The third-order valence-corrected chi connectivity index (χ3v) is 10.5. The van der Waals surface area contributed by atoms with Crippen LogP contribution in [0, 0.1) is 5.92 Å². The number of hydrogen-bond acceptors (Lipinski definition) is 8. The van der Waals surface area contributed by atoms with Crippen LogP contribution in [0.1, 0.15) is 38.5 Å². The summed E-state index contributed by atoms with van der Waals surface area (Å²) in [4.78, 5) is 42.3. The predicted molar refractivity (Wildman–Crippen MR) is 177 cm³/mol. The smallest absolute Gasteiger partial charge is 0.319 e. The Labute approximate surface area is 268 Å². The topological polar surface area (TPSA) is 111 Å². The van der Waals surface area contributed by atoms with Gasteiger partial charge in [0.15, 0.2) is 0 Å². The molecule has 238 valence electrons. The van der Waals surface area contributed by atoms with Gasteiger partial charge in [-0.25, -0.2) is 0 Å². The predicted octanol–water partition coefficient (Wildman–Crippen LogP) is 4.33. The first-order valence-corrected chi connectivity index (χ1v) is 16.6. The van der Waals surface area contributed by atoms with E-state index < -0.39 is 0 Å². The van der Waals surface area contributed by atoms with Gasteiger partial charge in [-0.2, -0.15) is 9.97 Å². The summed E-state index contributed by atoms with van der Waals surface area (Å²) >= 11 is 0. The molecule has 4 fully saturated rings. The van der Waals surface area contributed by atoms with Crippen LogP contribution in [0.4, 0.5) is 5.82 Å². The molecule has 2 amide bonds. The summed E-state index contributed by atoms with van der Waals surface area (Å²) in [5.41, 5.74) is 2.67. The van der Waals surface area contributed by atoms with Crippen LogP contribution in [-0.2, 0) is 9.59 Å². The molecule has 4 aliphatic heterocycles. The second-order valence-corrected chi connectivity index (χ2v) is 13.4. The Hall–Kier alpha value is -4.44. The minimum absolute atomic E-state index is 0.00111. The number of aromatic hydroxyl groups is 1. The number of ether oxygens (including phenoxy) is 1. The molecule has 4 aromatic rings. The molecule has 0 saturated carbocycles. The molecular weight excluding hydrogens is 580 g/mol. The van der Waals surface area contributed by atoms with Gasteiger partial charge in [-0.1, -0.05) is 30.3 Å². The van der Waals surface area contributed by atoms with E-state index in [0.717, 1.165) is 77.3 Å². The lowest BCUT2D eigenvalue weighted by Gasteiger charge is -2.42. The molecule has 1 aromatic heterocycles. The molecule has 0 radical (unpaired) electrons. The van der Waals surface area contributed by atoms with Crippen LogP contribution in [0.2, 0.25) is 0 Å². The summed E-state index contributed by atoms with van der Waals surface area (Å²) in [7, 11) is 2.13. The highest BCUT2D eigenvalue weighted by Gasteiger charge is 2.44. The number of anilines is 1. The highest BCUT2D eigenvalue weighted by Crippen LogP contribution is 2.39. The van der Waals surface area contributed by atoms with Crippen molar-refractivity contribution in [1.82, 2.24) is 25.1 Å². The maximum absolute atomic E-state index is 13.5. The number of piperazine rings is 1. The zero-order valence-corrected chi connectivity index (χ0v) is 26.2. The Kier molecular flexibility index (Phi) is 7.39. The fraction of sp³-hybridized carbons (Fsp3) is 0.444. The molecule has 10 heteroatoms. The number of carbonyl (C=O) groups is 2. The van der Waals surface area contributed by atoms with Crippen molar-refractivity contribution in [3.05, 3.63) is 54.6 Å². The summed E-state index contributed by atoms with van der Waals surface area (Å²) in [5.74, 6) is 0.924. The molecule has 3 aromatic carbocycles. The summed E-state index contributed by atoms with van der Waals surface area (Å²) in [5, 5.41) is 16.4. The highest BCUT2D eigenvalue weighted by molar-refractivity contribution is 6.01. The van der Waals surface area contributed by atoms with Gasteiger partial charge in [0.2, 0.25) is 11.8 Å². The second kappa shape index (κ2) is 11.7. The van der Waals surface area contributed by atoms with E-state index in [2.05, 4.69) is 51.3 Å². The highest BCUT2D eigenvalue weighted by atomic mass is 16.5. The number of benzene rings is 3. The Morgan fingerprint density at radius 2 is 1.83 bits per heavy atom. The largest absolute Gasteiger partial charge is 0.508 e. The molecule has 2 bridgehead atoms. The number of phenols is 1. The number of fused-ring (bicyclic) bond motifs is 4. The van der Waals surface area contributed by atoms with E-state index >= 15 is 0 Å². The van der Waals surface area contributed by atoms with Gasteiger partial charge in [-0.05, 0) is 91.9 Å². The van der Waals surface area contributed by atoms with Crippen LogP contribution in [0.3, 0.4) is 0 Å². The summed E-state index contributed by atoms with van der Waals surface area (Å²) in [6.07, 6.45) is 5.15. The summed E-state index contributed by atoms with van der Waals surface area (Å²) < 4.78 is 6.32.